The number of hydrogen-bond donors (Lipinski definition) is 2. The first-order chi connectivity index (χ1) is 4.79. The molecule has 0 atom stereocenters. The Labute approximate surface area is 62.5 Å². The maximum absolute atomic E-state index is 5.51. The van der Waals surface area contributed by atoms with Crippen LogP contribution in [0.2, 0.25) is 0 Å². The minimum absolute atomic E-state index is 0.791. The van der Waals surface area contributed by atoms with Crippen LogP contribution in [0.25, 0.3) is 0 Å². The Balaban J connectivity index is 2.19. The molecule has 0 spiro atoms. The molecule has 0 saturated carbocycles. The first-order valence-corrected chi connectivity index (χ1v) is 3.93. The van der Waals surface area contributed by atoms with Crippen LogP contribution in [0.1, 0.15) is 19.3 Å². The smallest absolute Gasteiger partial charge is 0.00102 e. The predicted molar refractivity (Wildman–Crippen MR) is 43.5 cm³/mol. The Morgan fingerprint density at radius 2 is 2.10 bits per heavy atom. The molecule has 1 rings (SSSR count). The number of nitrogens with one attached hydrogen (secondary N) is 1. The molecule has 0 amide bonds. The minimum Gasteiger partial charge on any atom is -0.403 e. The summed E-state index contributed by atoms with van der Waals surface area (Å²) >= 11 is 0. The molecule has 1 saturated heterocycles. The lowest BCUT2D eigenvalue weighted by Crippen LogP contribution is -2.28. The Morgan fingerprint density at radius 1 is 1.50 bits per heavy atom. The van der Waals surface area contributed by atoms with E-state index < -0.39 is 0 Å². The number of rotatable bonds is 2. The molecule has 0 bridgehead atoms. The second-order valence-electron chi connectivity index (χ2n) is 3.06. The fraction of sp³-hybridized carbons (Fsp3) is 0.750. The molecular formula is C8H16N2. The standard InChI is InChI=1S/C8H16N2/c1-7(9)6-8-2-4-10-5-3-8/h8,10H,1-6,9H2. The molecule has 0 aromatic rings. The summed E-state index contributed by atoms with van der Waals surface area (Å²) in [6, 6.07) is 0. The van der Waals surface area contributed by atoms with Crippen LogP contribution in [0.15, 0.2) is 12.3 Å². The minimum atomic E-state index is 0.791. The van der Waals surface area contributed by atoms with Gasteiger partial charge in [0.25, 0.3) is 0 Å². The topological polar surface area (TPSA) is 38.0 Å². The molecule has 1 fully saturated rings. The molecule has 1 aliphatic heterocycles. The third-order valence-electron chi connectivity index (χ3n) is 2.01. The van der Waals surface area contributed by atoms with Crippen LogP contribution < -0.4 is 11.1 Å². The fourth-order valence-corrected chi connectivity index (χ4v) is 1.46. The van der Waals surface area contributed by atoms with Crippen LogP contribution >= 0.6 is 0 Å². The van der Waals surface area contributed by atoms with Crippen LogP contribution in [0.4, 0.5) is 0 Å². The van der Waals surface area contributed by atoms with Gasteiger partial charge in [-0.1, -0.05) is 6.58 Å². The van der Waals surface area contributed by atoms with Gasteiger partial charge in [-0.15, -0.1) is 0 Å². The molecule has 0 aromatic carbocycles. The summed E-state index contributed by atoms with van der Waals surface area (Å²) in [6.07, 6.45) is 3.54. The van der Waals surface area contributed by atoms with Crippen molar-refractivity contribution in [3.8, 4) is 0 Å². The van der Waals surface area contributed by atoms with E-state index in [1.807, 2.05) is 0 Å². The summed E-state index contributed by atoms with van der Waals surface area (Å²) in [4.78, 5) is 0. The van der Waals surface area contributed by atoms with Gasteiger partial charge in [-0.3, -0.25) is 0 Å². The lowest BCUT2D eigenvalue weighted by Gasteiger charge is -2.22. The molecule has 0 aromatic heterocycles. The first kappa shape index (κ1) is 7.61. The summed E-state index contributed by atoms with van der Waals surface area (Å²) in [5, 5.41) is 3.32. The van der Waals surface area contributed by atoms with E-state index in [2.05, 4.69) is 11.9 Å². The highest BCUT2D eigenvalue weighted by Gasteiger charge is 2.12. The van der Waals surface area contributed by atoms with Crippen molar-refractivity contribution in [3.63, 3.8) is 0 Å². The number of piperidine rings is 1. The average molecular weight is 140 g/mol. The van der Waals surface area contributed by atoms with Crippen molar-refractivity contribution in [1.29, 1.82) is 0 Å². The quantitative estimate of drug-likeness (QED) is 0.596. The van der Waals surface area contributed by atoms with E-state index >= 15 is 0 Å². The Kier molecular flexibility index (Phi) is 2.75. The molecule has 3 N–H and O–H groups in total. The summed E-state index contributed by atoms with van der Waals surface area (Å²) < 4.78 is 0. The van der Waals surface area contributed by atoms with Gasteiger partial charge in [-0.25, -0.2) is 0 Å². The second-order valence-corrected chi connectivity index (χ2v) is 3.06. The van der Waals surface area contributed by atoms with E-state index in [9.17, 15) is 0 Å². The average Bonchev–Trinajstić information content (AvgIpc) is 1.88. The van der Waals surface area contributed by atoms with Gasteiger partial charge >= 0.3 is 0 Å². The van der Waals surface area contributed by atoms with Gasteiger partial charge in [-0.05, 0) is 38.3 Å². The third kappa shape index (κ3) is 2.40. The predicted octanol–water partition coefficient (Wildman–Crippen LogP) is 0.848. The Morgan fingerprint density at radius 3 is 2.60 bits per heavy atom. The zero-order chi connectivity index (χ0) is 7.40. The van der Waals surface area contributed by atoms with Crippen LogP contribution in [-0.4, -0.2) is 13.1 Å². The van der Waals surface area contributed by atoms with Crippen molar-refractivity contribution < 1.29 is 0 Å². The molecule has 10 heavy (non-hydrogen) atoms. The second kappa shape index (κ2) is 3.62. The Bertz CT molecular complexity index is 114. The summed E-state index contributed by atoms with van der Waals surface area (Å²) in [7, 11) is 0. The van der Waals surface area contributed by atoms with Gasteiger partial charge in [0, 0.05) is 5.70 Å². The molecular weight excluding hydrogens is 124 g/mol. The van der Waals surface area contributed by atoms with Crippen molar-refractivity contribution in [2.24, 2.45) is 11.7 Å². The van der Waals surface area contributed by atoms with Crippen LogP contribution in [0.5, 0.6) is 0 Å². The van der Waals surface area contributed by atoms with E-state index in [0.29, 0.717) is 0 Å². The van der Waals surface area contributed by atoms with E-state index in [1.165, 1.54) is 12.8 Å². The zero-order valence-corrected chi connectivity index (χ0v) is 6.40. The maximum atomic E-state index is 5.51. The van der Waals surface area contributed by atoms with E-state index in [0.717, 1.165) is 31.1 Å². The van der Waals surface area contributed by atoms with Crippen LogP contribution in [0, 0.1) is 5.92 Å². The van der Waals surface area contributed by atoms with E-state index in [-0.39, 0.29) is 0 Å². The largest absolute Gasteiger partial charge is 0.403 e. The molecule has 0 unspecified atom stereocenters. The zero-order valence-electron chi connectivity index (χ0n) is 6.40. The van der Waals surface area contributed by atoms with Gasteiger partial charge in [0.15, 0.2) is 0 Å². The highest BCUT2D eigenvalue weighted by atomic mass is 14.9. The molecule has 1 aliphatic rings. The molecule has 58 valence electrons. The lowest BCUT2D eigenvalue weighted by molar-refractivity contribution is 0.371. The van der Waals surface area contributed by atoms with Gasteiger partial charge < -0.3 is 11.1 Å². The van der Waals surface area contributed by atoms with Crippen molar-refractivity contribution in [3.05, 3.63) is 12.3 Å². The van der Waals surface area contributed by atoms with E-state index in [4.69, 9.17) is 5.73 Å². The van der Waals surface area contributed by atoms with Crippen molar-refractivity contribution in [2.45, 2.75) is 19.3 Å². The van der Waals surface area contributed by atoms with Crippen LogP contribution in [-0.2, 0) is 0 Å². The highest BCUT2D eigenvalue weighted by molar-refractivity contribution is 4.89. The Hall–Kier alpha value is -0.500. The first-order valence-electron chi connectivity index (χ1n) is 3.93. The summed E-state index contributed by atoms with van der Waals surface area (Å²) in [5.41, 5.74) is 6.35. The molecule has 1 heterocycles. The summed E-state index contributed by atoms with van der Waals surface area (Å²) in [6.45, 7) is 6.01. The van der Waals surface area contributed by atoms with Gasteiger partial charge in [0.1, 0.15) is 0 Å². The molecule has 0 aliphatic carbocycles. The van der Waals surface area contributed by atoms with E-state index in [1.54, 1.807) is 0 Å². The fourth-order valence-electron chi connectivity index (χ4n) is 1.46. The number of hydrogen-bond acceptors (Lipinski definition) is 2. The van der Waals surface area contributed by atoms with Crippen molar-refractivity contribution >= 4 is 0 Å². The van der Waals surface area contributed by atoms with Crippen LogP contribution in [0.3, 0.4) is 0 Å². The van der Waals surface area contributed by atoms with Crippen molar-refractivity contribution in [2.75, 3.05) is 13.1 Å². The monoisotopic (exact) mass is 140 g/mol. The summed E-state index contributed by atoms with van der Waals surface area (Å²) in [5.74, 6) is 0.791. The van der Waals surface area contributed by atoms with Gasteiger partial charge in [-0.2, -0.15) is 0 Å². The van der Waals surface area contributed by atoms with Gasteiger partial charge in [0.05, 0.1) is 0 Å². The SMILES string of the molecule is C=C(N)CC1CCNCC1. The normalized spacial score (nSPS) is 20.8. The number of nitrogens with two attached hydrogens (primary N) is 1. The third-order valence-corrected chi connectivity index (χ3v) is 2.01. The maximum Gasteiger partial charge on any atom is 0.00102 e. The van der Waals surface area contributed by atoms with Gasteiger partial charge in [0.2, 0.25) is 0 Å². The van der Waals surface area contributed by atoms with Crippen molar-refractivity contribution in [1.82, 2.24) is 5.32 Å². The molecule has 0 radical (unpaired) electrons. The number of allylic oxidation sites excluding steroid dienone is 1. The lowest BCUT2D eigenvalue weighted by atomic mass is 9.94. The highest BCUT2D eigenvalue weighted by Crippen LogP contribution is 2.17. The molecule has 2 heteroatoms. The molecule has 2 nitrogen and oxygen atoms in total.